The van der Waals surface area contributed by atoms with Gasteiger partial charge in [0.15, 0.2) is 0 Å². The second-order valence-electron chi connectivity index (χ2n) is 4.10. The van der Waals surface area contributed by atoms with Crippen LogP contribution in [-0.2, 0) is 16.1 Å². The normalized spacial score (nSPS) is 11.8. The predicted molar refractivity (Wildman–Crippen MR) is 82.9 cm³/mol. The first-order chi connectivity index (χ1) is 9.54. The van der Waals surface area contributed by atoms with Crippen LogP contribution in [0.25, 0.3) is 0 Å². The fourth-order valence-electron chi connectivity index (χ4n) is 1.44. The molecule has 0 saturated heterocycles. The van der Waals surface area contributed by atoms with Gasteiger partial charge in [0, 0.05) is 17.2 Å². The minimum absolute atomic E-state index is 0.0408. The number of thiophene rings is 1. The van der Waals surface area contributed by atoms with Crippen LogP contribution < -0.4 is 5.73 Å². The number of aliphatic carboxylic acids is 1. The number of nitrogens with zero attached hydrogens (tertiary/aromatic N) is 1. The summed E-state index contributed by atoms with van der Waals surface area (Å²) in [6.45, 7) is 4.67. The number of amides is 1. The Morgan fingerprint density at radius 1 is 1.60 bits per heavy atom. The van der Waals surface area contributed by atoms with Crippen molar-refractivity contribution >= 4 is 35.0 Å². The number of nitrogens with two attached hydrogens (primary N) is 1. The van der Waals surface area contributed by atoms with Gasteiger partial charge in [-0.25, -0.2) is 0 Å². The van der Waals surface area contributed by atoms with Gasteiger partial charge in [0.25, 0.3) is 0 Å². The van der Waals surface area contributed by atoms with Crippen LogP contribution in [-0.4, -0.2) is 46.0 Å². The summed E-state index contributed by atoms with van der Waals surface area (Å²) in [7, 11) is 0. The van der Waals surface area contributed by atoms with Crippen LogP contribution in [0.3, 0.4) is 0 Å². The Bertz CT molecular complexity index is 448. The van der Waals surface area contributed by atoms with E-state index in [2.05, 4.69) is 6.58 Å². The number of carboxylic acids is 1. The van der Waals surface area contributed by atoms with Crippen LogP contribution in [0.5, 0.6) is 0 Å². The average Bonchev–Trinajstić information content (AvgIpc) is 2.90. The van der Waals surface area contributed by atoms with Crippen LogP contribution >= 0.6 is 23.1 Å². The van der Waals surface area contributed by atoms with Crippen molar-refractivity contribution in [3.05, 3.63) is 35.0 Å². The number of carbonyl (C=O) groups is 2. The summed E-state index contributed by atoms with van der Waals surface area (Å²) in [5.74, 6) is -0.644. The van der Waals surface area contributed by atoms with Gasteiger partial charge in [0.2, 0.25) is 5.91 Å². The fraction of sp³-hybridized carbons (Fsp3) is 0.385. The lowest BCUT2D eigenvalue weighted by Crippen LogP contribution is -2.35. The van der Waals surface area contributed by atoms with Gasteiger partial charge in [-0.2, -0.15) is 0 Å². The molecule has 1 aromatic rings. The van der Waals surface area contributed by atoms with Gasteiger partial charge in [-0.15, -0.1) is 29.7 Å². The Morgan fingerprint density at radius 2 is 2.35 bits per heavy atom. The SMILES string of the molecule is C=CCN(Cc1cccs1)C(=O)CSCC(N)C(=O)O. The molecule has 0 fully saturated rings. The second kappa shape index (κ2) is 8.78. The highest BCUT2D eigenvalue weighted by molar-refractivity contribution is 8.00. The molecule has 1 atom stereocenters. The molecule has 1 unspecified atom stereocenters. The molecule has 0 saturated carbocycles. The van der Waals surface area contributed by atoms with Gasteiger partial charge < -0.3 is 15.7 Å². The first kappa shape index (κ1) is 16.7. The summed E-state index contributed by atoms with van der Waals surface area (Å²) < 4.78 is 0. The van der Waals surface area contributed by atoms with Gasteiger partial charge >= 0.3 is 5.97 Å². The van der Waals surface area contributed by atoms with E-state index in [-0.39, 0.29) is 17.4 Å². The topological polar surface area (TPSA) is 83.6 Å². The molecule has 1 aromatic heterocycles. The van der Waals surface area contributed by atoms with Crippen molar-refractivity contribution in [1.29, 1.82) is 0 Å². The maximum absolute atomic E-state index is 12.1. The van der Waals surface area contributed by atoms with Crippen molar-refractivity contribution in [3.63, 3.8) is 0 Å². The smallest absolute Gasteiger partial charge is 0.321 e. The van der Waals surface area contributed by atoms with Gasteiger partial charge in [-0.3, -0.25) is 9.59 Å². The summed E-state index contributed by atoms with van der Waals surface area (Å²) in [5.41, 5.74) is 5.39. The number of thioether (sulfide) groups is 1. The summed E-state index contributed by atoms with van der Waals surface area (Å²) in [6, 6.07) is 2.98. The molecule has 0 aromatic carbocycles. The molecule has 0 aliphatic heterocycles. The van der Waals surface area contributed by atoms with E-state index in [9.17, 15) is 9.59 Å². The number of hydrogen-bond acceptors (Lipinski definition) is 5. The standard InChI is InChI=1S/C13H18N2O3S2/c1-2-5-15(7-10-4-3-6-20-10)12(16)9-19-8-11(14)13(17)18/h2-4,6,11H,1,5,7-9,14H2,(H,17,18). The van der Waals surface area contributed by atoms with E-state index in [0.29, 0.717) is 13.1 Å². The second-order valence-corrected chi connectivity index (χ2v) is 6.16. The lowest BCUT2D eigenvalue weighted by Gasteiger charge is -2.20. The minimum Gasteiger partial charge on any atom is -0.480 e. The van der Waals surface area contributed by atoms with Crippen LogP contribution in [0, 0.1) is 0 Å². The van der Waals surface area contributed by atoms with Crippen LogP contribution in [0.15, 0.2) is 30.2 Å². The Morgan fingerprint density at radius 3 is 2.90 bits per heavy atom. The Labute approximate surface area is 126 Å². The molecule has 1 heterocycles. The van der Waals surface area contributed by atoms with Crippen LogP contribution in [0.4, 0.5) is 0 Å². The number of carboxylic acid groups (broad SMARTS) is 1. The minimum atomic E-state index is -1.05. The first-order valence-electron chi connectivity index (χ1n) is 6.01. The molecular formula is C13H18N2O3S2. The summed E-state index contributed by atoms with van der Waals surface area (Å²) >= 11 is 2.83. The number of carbonyl (C=O) groups excluding carboxylic acids is 1. The third-order valence-corrected chi connectivity index (χ3v) is 4.38. The quantitative estimate of drug-likeness (QED) is 0.673. The maximum atomic E-state index is 12.1. The van der Waals surface area contributed by atoms with Crippen LogP contribution in [0.2, 0.25) is 0 Å². The van der Waals surface area contributed by atoms with Crippen molar-refractivity contribution < 1.29 is 14.7 Å². The average molecular weight is 314 g/mol. The molecule has 110 valence electrons. The van der Waals surface area contributed by atoms with Gasteiger partial charge in [0.1, 0.15) is 6.04 Å². The van der Waals surface area contributed by atoms with E-state index in [1.807, 2.05) is 17.5 Å². The summed E-state index contributed by atoms with van der Waals surface area (Å²) in [6.07, 6.45) is 1.68. The van der Waals surface area contributed by atoms with Crippen molar-refractivity contribution in [2.75, 3.05) is 18.1 Å². The Hall–Kier alpha value is -1.31. The first-order valence-corrected chi connectivity index (χ1v) is 8.05. The van der Waals surface area contributed by atoms with Gasteiger partial charge in [-0.1, -0.05) is 12.1 Å². The molecule has 1 amide bonds. The van der Waals surface area contributed by atoms with E-state index < -0.39 is 12.0 Å². The maximum Gasteiger partial charge on any atom is 0.321 e. The van der Waals surface area contributed by atoms with Gasteiger partial charge in [-0.05, 0) is 11.4 Å². The highest BCUT2D eigenvalue weighted by Crippen LogP contribution is 2.13. The van der Waals surface area contributed by atoms with E-state index in [1.165, 1.54) is 11.8 Å². The summed E-state index contributed by atoms with van der Waals surface area (Å²) in [4.78, 5) is 25.5. The number of rotatable bonds is 9. The molecule has 0 aliphatic rings. The summed E-state index contributed by atoms with van der Waals surface area (Å²) in [5, 5.41) is 10.6. The predicted octanol–water partition coefficient (Wildman–Crippen LogP) is 1.41. The molecule has 5 nitrogen and oxygen atoms in total. The lowest BCUT2D eigenvalue weighted by atomic mass is 10.4. The molecule has 0 radical (unpaired) electrons. The Balaban J connectivity index is 2.43. The highest BCUT2D eigenvalue weighted by atomic mass is 32.2. The van der Waals surface area contributed by atoms with E-state index in [4.69, 9.17) is 10.8 Å². The third kappa shape index (κ3) is 5.77. The molecular weight excluding hydrogens is 296 g/mol. The zero-order valence-electron chi connectivity index (χ0n) is 11.0. The lowest BCUT2D eigenvalue weighted by molar-refractivity contribution is -0.138. The molecule has 1 rings (SSSR count). The Kier molecular flexibility index (Phi) is 7.35. The van der Waals surface area contributed by atoms with Crippen LogP contribution in [0.1, 0.15) is 4.88 Å². The zero-order valence-corrected chi connectivity index (χ0v) is 12.7. The molecule has 0 spiro atoms. The zero-order chi connectivity index (χ0) is 15.0. The van der Waals surface area contributed by atoms with E-state index in [1.54, 1.807) is 22.3 Å². The molecule has 20 heavy (non-hydrogen) atoms. The molecule has 0 aliphatic carbocycles. The van der Waals surface area contributed by atoms with Crippen molar-refractivity contribution in [2.45, 2.75) is 12.6 Å². The molecule has 7 heteroatoms. The largest absolute Gasteiger partial charge is 0.480 e. The van der Waals surface area contributed by atoms with Crippen molar-refractivity contribution in [3.8, 4) is 0 Å². The number of hydrogen-bond donors (Lipinski definition) is 2. The molecule has 0 bridgehead atoms. The van der Waals surface area contributed by atoms with E-state index in [0.717, 1.165) is 4.88 Å². The monoisotopic (exact) mass is 314 g/mol. The fourth-order valence-corrected chi connectivity index (χ4v) is 3.03. The van der Waals surface area contributed by atoms with Crippen molar-refractivity contribution in [1.82, 2.24) is 4.90 Å². The van der Waals surface area contributed by atoms with Crippen molar-refractivity contribution in [2.24, 2.45) is 5.73 Å². The van der Waals surface area contributed by atoms with E-state index >= 15 is 0 Å². The third-order valence-electron chi connectivity index (χ3n) is 2.47. The van der Waals surface area contributed by atoms with Gasteiger partial charge in [0.05, 0.1) is 12.3 Å². The molecule has 3 N–H and O–H groups in total. The highest BCUT2D eigenvalue weighted by Gasteiger charge is 2.16.